The smallest absolute Gasteiger partial charge is 0.203 e. The molecule has 6 nitrogen and oxygen atoms in total. The predicted molar refractivity (Wildman–Crippen MR) is 107 cm³/mol. The van der Waals surface area contributed by atoms with Crippen molar-refractivity contribution < 1.29 is 14.2 Å². The molecule has 1 saturated heterocycles. The summed E-state index contributed by atoms with van der Waals surface area (Å²) in [6.07, 6.45) is 2.66. The first-order valence-electron chi connectivity index (χ1n) is 9.23. The molecule has 0 amide bonds. The van der Waals surface area contributed by atoms with Crippen LogP contribution in [0.25, 0.3) is 0 Å². The van der Waals surface area contributed by atoms with Crippen LogP contribution in [0.2, 0.25) is 5.15 Å². The van der Waals surface area contributed by atoms with Gasteiger partial charge in [0, 0.05) is 31.5 Å². The Balaban J connectivity index is 1.72. The zero-order valence-corrected chi connectivity index (χ0v) is 17.0. The van der Waals surface area contributed by atoms with Gasteiger partial charge in [-0.1, -0.05) is 24.6 Å². The summed E-state index contributed by atoms with van der Waals surface area (Å²) < 4.78 is 17.1. The number of aryl methyl sites for hydroxylation is 1. The van der Waals surface area contributed by atoms with Gasteiger partial charge in [0.2, 0.25) is 5.75 Å². The summed E-state index contributed by atoms with van der Waals surface area (Å²) in [5, 5.41) is 0.553. The fourth-order valence-corrected chi connectivity index (χ4v) is 3.74. The highest BCUT2D eigenvalue weighted by Crippen LogP contribution is 2.38. The van der Waals surface area contributed by atoms with Crippen molar-refractivity contribution in [1.29, 1.82) is 0 Å². The Labute approximate surface area is 165 Å². The summed E-state index contributed by atoms with van der Waals surface area (Å²) in [7, 11) is 3.27. The summed E-state index contributed by atoms with van der Waals surface area (Å²) in [4.78, 5) is 11.2. The lowest BCUT2D eigenvalue weighted by Crippen LogP contribution is -2.39. The fraction of sp³-hybridized carbons (Fsp3) is 0.500. The molecule has 0 N–H and O–H groups in total. The molecule has 1 aromatic carbocycles. The first-order valence-corrected chi connectivity index (χ1v) is 9.60. The van der Waals surface area contributed by atoms with Crippen LogP contribution in [0.15, 0.2) is 18.2 Å². The predicted octanol–water partition coefficient (Wildman–Crippen LogP) is 4.07. The van der Waals surface area contributed by atoms with Crippen LogP contribution >= 0.6 is 11.6 Å². The van der Waals surface area contributed by atoms with Crippen molar-refractivity contribution in [2.24, 2.45) is 0 Å². The number of rotatable bonds is 6. The van der Waals surface area contributed by atoms with Gasteiger partial charge in [-0.25, -0.2) is 9.97 Å². The number of benzene rings is 1. The highest BCUT2D eigenvalue weighted by atomic mass is 35.5. The molecule has 1 aliphatic heterocycles. The molecule has 27 heavy (non-hydrogen) atoms. The summed E-state index contributed by atoms with van der Waals surface area (Å²) in [5.74, 6) is 3.68. The van der Waals surface area contributed by atoms with Gasteiger partial charge >= 0.3 is 0 Å². The van der Waals surface area contributed by atoms with E-state index in [1.165, 1.54) is 0 Å². The van der Waals surface area contributed by atoms with Gasteiger partial charge in [-0.15, -0.1) is 0 Å². The number of hydrogen-bond acceptors (Lipinski definition) is 6. The number of ether oxygens (including phenoxy) is 3. The van der Waals surface area contributed by atoms with E-state index in [9.17, 15) is 0 Å². The lowest BCUT2D eigenvalue weighted by atomic mass is 10.1. The minimum atomic E-state index is 0.0925. The Morgan fingerprint density at radius 1 is 1.11 bits per heavy atom. The zero-order valence-electron chi connectivity index (χ0n) is 16.3. The van der Waals surface area contributed by atoms with Crippen molar-refractivity contribution in [3.8, 4) is 17.2 Å². The number of piperidine rings is 1. The minimum Gasteiger partial charge on any atom is -0.493 e. The molecule has 1 aromatic heterocycles. The van der Waals surface area contributed by atoms with Crippen LogP contribution in [0.4, 0.5) is 5.82 Å². The number of anilines is 1. The molecule has 0 aliphatic carbocycles. The van der Waals surface area contributed by atoms with Gasteiger partial charge in [0.05, 0.1) is 14.2 Å². The second kappa shape index (κ2) is 8.65. The van der Waals surface area contributed by atoms with Crippen LogP contribution in [0.5, 0.6) is 17.2 Å². The number of halogens is 1. The van der Waals surface area contributed by atoms with Crippen molar-refractivity contribution in [2.45, 2.75) is 39.2 Å². The lowest BCUT2D eigenvalue weighted by Gasteiger charge is -2.34. The second-order valence-electron chi connectivity index (χ2n) is 6.51. The van der Waals surface area contributed by atoms with Crippen molar-refractivity contribution in [3.63, 3.8) is 0 Å². The molecule has 0 spiro atoms. The average molecular weight is 392 g/mol. The van der Waals surface area contributed by atoms with Crippen LogP contribution in [0, 0.1) is 6.92 Å². The Bertz CT molecular complexity index is 770. The maximum absolute atomic E-state index is 6.33. The molecule has 0 saturated carbocycles. The molecule has 1 fully saturated rings. The summed E-state index contributed by atoms with van der Waals surface area (Å²) >= 11 is 6.33. The normalized spacial score (nSPS) is 14.9. The van der Waals surface area contributed by atoms with Crippen LogP contribution in [0.1, 0.15) is 31.2 Å². The highest BCUT2D eigenvalue weighted by Gasteiger charge is 2.26. The third-order valence-electron chi connectivity index (χ3n) is 4.81. The lowest BCUT2D eigenvalue weighted by molar-refractivity contribution is 0.158. The van der Waals surface area contributed by atoms with Gasteiger partial charge in [-0.2, -0.15) is 0 Å². The average Bonchev–Trinajstić information content (AvgIpc) is 2.68. The molecular weight excluding hydrogens is 366 g/mol. The van der Waals surface area contributed by atoms with Crippen molar-refractivity contribution in [2.75, 3.05) is 32.2 Å². The van der Waals surface area contributed by atoms with E-state index in [4.69, 9.17) is 25.8 Å². The summed E-state index contributed by atoms with van der Waals surface area (Å²) in [6, 6.07) is 5.65. The second-order valence-corrected chi connectivity index (χ2v) is 6.87. The van der Waals surface area contributed by atoms with Crippen LogP contribution < -0.4 is 19.1 Å². The molecule has 3 rings (SSSR count). The van der Waals surface area contributed by atoms with Gasteiger partial charge in [-0.05, 0) is 25.5 Å². The summed E-state index contributed by atoms with van der Waals surface area (Å²) in [5.41, 5.74) is 1.01. The molecule has 7 heteroatoms. The van der Waals surface area contributed by atoms with E-state index in [0.717, 1.165) is 43.7 Å². The largest absolute Gasteiger partial charge is 0.493 e. The van der Waals surface area contributed by atoms with Gasteiger partial charge in [-0.3, -0.25) is 0 Å². The van der Waals surface area contributed by atoms with E-state index in [1.807, 2.05) is 25.1 Å². The first-order chi connectivity index (χ1) is 13.1. The zero-order chi connectivity index (χ0) is 19.4. The Morgan fingerprint density at radius 3 is 2.30 bits per heavy atom. The van der Waals surface area contributed by atoms with Gasteiger partial charge in [0.1, 0.15) is 22.9 Å². The van der Waals surface area contributed by atoms with E-state index >= 15 is 0 Å². The van der Waals surface area contributed by atoms with Gasteiger partial charge in [0.15, 0.2) is 11.5 Å². The molecule has 0 atom stereocenters. The Morgan fingerprint density at radius 2 is 1.74 bits per heavy atom. The van der Waals surface area contributed by atoms with Gasteiger partial charge < -0.3 is 19.1 Å². The highest BCUT2D eigenvalue weighted by molar-refractivity contribution is 6.30. The molecule has 2 heterocycles. The third kappa shape index (κ3) is 4.21. The molecule has 0 unspecified atom stereocenters. The maximum Gasteiger partial charge on any atom is 0.203 e. The topological polar surface area (TPSA) is 56.7 Å². The van der Waals surface area contributed by atoms with E-state index < -0.39 is 0 Å². The first kappa shape index (κ1) is 19.5. The number of nitrogens with zero attached hydrogens (tertiary/aromatic N) is 3. The SMILES string of the molecule is CCc1c(Cl)nc(C)nc1N1CCC(Oc2c(OC)cccc2OC)CC1. The number of methoxy groups -OCH3 is 2. The van der Waals surface area contributed by atoms with E-state index in [2.05, 4.69) is 21.8 Å². The van der Waals surface area contributed by atoms with Crippen LogP contribution in [-0.2, 0) is 6.42 Å². The van der Waals surface area contributed by atoms with Crippen molar-refractivity contribution >= 4 is 17.4 Å². The maximum atomic E-state index is 6.33. The van der Waals surface area contributed by atoms with Crippen molar-refractivity contribution in [3.05, 3.63) is 34.7 Å². The molecule has 0 radical (unpaired) electrons. The van der Waals surface area contributed by atoms with Crippen LogP contribution in [0.3, 0.4) is 0 Å². The molecule has 1 aliphatic rings. The van der Waals surface area contributed by atoms with Gasteiger partial charge in [0.25, 0.3) is 0 Å². The molecular formula is C20H26ClN3O3. The Kier molecular flexibility index (Phi) is 6.26. The number of para-hydroxylation sites is 1. The molecule has 0 bridgehead atoms. The number of aromatic nitrogens is 2. The summed E-state index contributed by atoms with van der Waals surface area (Å²) in [6.45, 7) is 5.65. The Hall–Kier alpha value is -2.21. The standard InChI is InChI=1S/C20H26ClN3O3/c1-5-15-19(21)22-13(2)23-20(15)24-11-9-14(10-12-24)27-18-16(25-3)7-6-8-17(18)26-4/h6-8,14H,5,9-12H2,1-4H3. The van der Waals surface area contributed by atoms with E-state index in [0.29, 0.717) is 28.2 Å². The quantitative estimate of drug-likeness (QED) is 0.692. The third-order valence-corrected chi connectivity index (χ3v) is 5.12. The molecule has 146 valence electrons. The van der Waals surface area contributed by atoms with E-state index in [-0.39, 0.29) is 6.10 Å². The number of hydrogen-bond donors (Lipinski definition) is 0. The molecule has 2 aromatic rings. The van der Waals surface area contributed by atoms with Crippen LogP contribution in [-0.4, -0.2) is 43.4 Å². The minimum absolute atomic E-state index is 0.0925. The fourth-order valence-electron chi connectivity index (χ4n) is 3.40. The monoisotopic (exact) mass is 391 g/mol. The van der Waals surface area contributed by atoms with E-state index in [1.54, 1.807) is 14.2 Å². The van der Waals surface area contributed by atoms with Crippen molar-refractivity contribution in [1.82, 2.24) is 9.97 Å².